The van der Waals surface area contributed by atoms with Gasteiger partial charge in [0, 0.05) is 11.8 Å². The fraction of sp³-hybridized carbons (Fsp3) is 0.0435. The second-order valence-corrected chi connectivity index (χ2v) is 12.5. The Hall–Kier alpha value is -5.72. The highest BCUT2D eigenvalue weighted by Gasteiger charge is 2.37. The molecule has 3 aliphatic carbocycles. The molecule has 9 rings (SSSR count). The van der Waals surface area contributed by atoms with E-state index in [9.17, 15) is 0 Å². The maximum absolute atomic E-state index is 2.51. The summed E-state index contributed by atoms with van der Waals surface area (Å²) in [7, 11) is 0. The van der Waals surface area contributed by atoms with Gasteiger partial charge in [0.25, 0.3) is 0 Å². The van der Waals surface area contributed by atoms with E-state index in [1.807, 2.05) is 0 Å². The molecule has 0 aliphatic heterocycles. The molecule has 0 heteroatoms. The minimum atomic E-state index is 0.0659. The van der Waals surface area contributed by atoms with Crippen molar-refractivity contribution in [3.05, 3.63) is 220 Å². The summed E-state index contributed by atoms with van der Waals surface area (Å²) >= 11 is 0. The van der Waals surface area contributed by atoms with Crippen LogP contribution in [0.5, 0.6) is 0 Å². The first-order chi connectivity index (χ1) is 22.8. The van der Waals surface area contributed by atoms with Gasteiger partial charge in [-0.2, -0.15) is 0 Å². The van der Waals surface area contributed by atoms with E-state index in [2.05, 4.69) is 182 Å². The van der Waals surface area contributed by atoms with Gasteiger partial charge >= 0.3 is 0 Å². The summed E-state index contributed by atoms with van der Waals surface area (Å²) in [5, 5.41) is 0. The molecule has 2 atom stereocenters. The van der Waals surface area contributed by atoms with Crippen LogP contribution in [0.15, 0.2) is 182 Å². The molecule has 0 saturated carbocycles. The zero-order valence-corrected chi connectivity index (χ0v) is 25.5. The predicted octanol–water partition coefficient (Wildman–Crippen LogP) is 11.7. The molecule has 2 unspecified atom stereocenters. The molecule has 6 aromatic rings. The molecule has 0 N–H and O–H groups in total. The maximum atomic E-state index is 2.51. The van der Waals surface area contributed by atoms with Crippen LogP contribution in [0.3, 0.4) is 0 Å². The van der Waals surface area contributed by atoms with Crippen LogP contribution in [0.1, 0.15) is 50.8 Å². The van der Waals surface area contributed by atoms with E-state index in [0.717, 1.165) is 0 Å². The lowest BCUT2D eigenvalue weighted by atomic mass is 9.81. The van der Waals surface area contributed by atoms with Crippen LogP contribution in [-0.4, -0.2) is 0 Å². The summed E-state index contributed by atoms with van der Waals surface area (Å²) in [5.41, 5.74) is 18.3. The van der Waals surface area contributed by atoms with Crippen molar-refractivity contribution in [2.45, 2.75) is 11.8 Å². The van der Waals surface area contributed by atoms with E-state index in [1.54, 1.807) is 0 Å². The summed E-state index contributed by atoms with van der Waals surface area (Å²) in [6.45, 7) is 0. The average Bonchev–Trinajstić information content (AvgIpc) is 3.67. The lowest BCUT2D eigenvalue weighted by molar-refractivity contribution is 1.03. The molecule has 0 radical (unpaired) electrons. The summed E-state index contributed by atoms with van der Waals surface area (Å²) in [6.07, 6.45) is 11.4. The van der Waals surface area contributed by atoms with Gasteiger partial charge in [0.1, 0.15) is 0 Å². The van der Waals surface area contributed by atoms with Gasteiger partial charge in [0.05, 0.1) is 0 Å². The van der Waals surface area contributed by atoms with E-state index in [-0.39, 0.29) is 5.92 Å². The van der Waals surface area contributed by atoms with Crippen molar-refractivity contribution in [1.82, 2.24) is 0 Å². The van der Waals surface area contributed by atoms with E-state index in [4.69, 9.17) is 0 Å². The van der Waals surface area contributed by atoms with E-state index in [1.165, 1.54) is 77.9 Å². The normalized spacial score (nSPS) is 17.4. The number of benzene rings is 6. The summed E-state index contributed by atoms with van der Waals surface area (Å²) < 4.78 is 0. The SMILES string of the molecule is C1=CC2=Cc3cc4c(cc3C2C=C1)C(c1ccccc1)=C(c1ccccc1)C4c1cc(-c2ccccc2)cc(-c2ccccc2)c1. The van der Waals surface area contributed by atoms with Crippen LogP contribution < -0.4 is 0 Å². The molecule has 0 saturated heterocycles. The number of rotatable bonds is 5. The summed E-state index contributed by atoms with van der Waals surface area (Å²) in [4.78, 5) is 0. The molecule has 6 aromatic carbocycles. The third-order valence-corrected chi connectivity index (χ3v) is 9.76. The van der Waals surface area contributed by atoms with Crippen LogP contribution in [0.25, 0.3) is 39.5 Å². The molecule has 0 amide bonds. The number of hydrogen-bond donors (Lipinski definition) is 0. The Kier molecular flexibility index (Phi) is 6.39. The fourth-order valence-electron chi connectivity index (χ4n) is 7.71. The van der Waals surface area contributed by atoms with E-state index in [0.29, 0.717) is 5.92 Å². The third kappa shape index (κ3) is 4.45. The molecule has 0 heterocycles. The number of allylic oxidation sites excluding steroid dienone is 6. The summed E-state index contributed by atoms with van der Waals surface area (Å²) in [5.74, 6) is 0.379. The zero-order valence-electron chi connectivity index (χ0n) is 25.5. The second kappa shape index (κ2) is 11.0. The van der Waals surface area contributed by atoms with Gasteiger partial charge in [-0.05, 0) is 96.1 Å². The van der Waals surface area contributed by atoms with Gasteiger partial charge in [-0.1, -0.05) is 164 Å². The first-order valence-electron chi connectivity index (χ1n) is 16.2. The third-order valence-electron chi connectivity index (χ3n) is 9.76. The van der Waals surface area contributed by atoms with Gasteiger partial charge in [0.15, 0.2) is 0 Å². The van der Waals surface area contributed by atoms with Crippen LogP contribution in [0, 0.1) is 0 Å². The summed E-state index contributed by atoms with van der Waals surface area (Å²) in [6, 6.07) is 55.9. The van der Waals surface area contributed by atoms with Crippen molar-refractivity contribution in [2.75, 3.05) is 0 Å². The first-order valence-corrected chi connectivity index (χ1v) is 16.2. The Morgan fingerprint density at radius 2 is 1.00 bits per heavy atom. The van der Waals surface area contributed by atoms with Crippen molar-refractivity contribution in [3.63, 3.8) is 0 Å². The zero-order chi connectivity index (χ0) is 30.5. The Morgan fingerprint density at radius 1 is 0.435 bits per heavy atom. The van der Waals surface area contributed by atoms with Gasteiger partial charge in [0.2, 0.25) is 0 Å². The monoisotopic (exact) mass is 584 g/mol. The van der Waals surface area contributed by atoms with Crippen LogP contribution in [-0.2, 0) is 0 Å². The van der Waals surface area contributed by atoms with E-state index < -0.39 is 0 Å². The highest BCUT2D eigenvalue weighted by Crippen LogP contribution is 2.55. The second-order valence-electron chi connectivity index (χ2n) is 12.5. The average molecular weight is 585 g/mol. The van der Waals surface area contributed by atoms with E-state index >= 15 is 0 Å². The smallest absolute Gasteiger partial charge is 0.0359 e. The Balaban J connectivity index is 1.36. The first kappa shape index (κ1) is 26.7. The van der Waals surface area contributed by atoms with Gasteiger partial charge in [-0.25, -0.2) is 0 Å². The molecule has 0 bridgehead atoms. The van der Waals surface area contributed by atoms with Gasteiger partial charge < -0.3 is 0 Å². The maximum Gasteiger partial charge on any atom is 0.0359 e. The highest BCUT2D eigenvalue weighted by molar-refractivity contribution is 6.07. The molecule has 0 spiro atoms. The fourth-order valence-corrected chi connectivity index (χ4v) is 7.71. The minimum Gasteiger partial charge on any atom is -0.0726 e. The van der Waals surface area contributed by atoms with Gasteiger partial charge in [-0.3, -0.25) is 0 Å². The molecule has 46 heavy (non-hydrogen) atoms. The Morgan fingerprint density at radius 3 is 1.61 bits per heavy atom. The number of fused-ring (bicyclic) bond motifs is 4. The molecule has 0 fully saturated rings. The molecular formula is C46H32. The lowest BCUT2D eigenvalue weighted by Gasteiger charge is -2.22. The van der Waals surface area contributed by atoms with Gasteiger partial charge in [-0.15, -0.1) is 0 Å². The van der Waals surface area contributed by atoms with Crippen molar-refractivity contribution in [3.8, 4) is 22.3 Å². The van der Waals surface area contributed by atoms with Crippen LogP contribution in [0.2, 0.25) is 0 Å². The largest absolute Gasteiger partial charge is 0.0726 e. The Bertz CT molecular complexity index is 2160. The molecule has 216 valence electrons. The quantitative estimate of drug-likeness (QED) is 0.189. The van der Waals surface area contributed by atoms with Crippen molar-refractivity contribution >= 4 is 17.2 Å². The van der Waals surface area contributed by atoms with Crippen LogP contribution in [0.4, 0.5) is 0 Å². The predicted molar refractivity (Wildman–Crippen MR) is 193 cm³/mol. The molecule has 0 nitrogen and oxygen atoms in total. The van der Waals surface area contributed by atoms with Crippen molar-refractivity contribution < 1.29 is 0 Å². The van der Waals surface area contributed by atoms with Crippen molar-refractivity contribution in [2.24, 2.45) is 0 Å². The topological polar surface area (TPSA) is 0 Å². The standard InChI is InChI=1S/C46H32/c1-5-15-31(16-6-1)36-26-37(32-17-7-2-8-18-32)28-39(27-36)45-42-29-38-25-35-23-13-14-24-40(35)41(38)30-43(42)44(33-19-9-3-10-20-33)46(45)34-21-11-4-12-22-34/h1-30,40,45H. The molecule has 3 aliphatic rings. The Labute approximate surface area is 271 Å². The lowest BCUT2D eigenvalue weighted by Crippen LogP contribution is -2.04. The highest BCUT2D eigenvalue weighted by atomic mass is 14.4. The molecule has 0 aromatic heterocycles. The minimum absolute atomic E-state index is 0.0659. The number of hydrogen-bond acceptors (Lipinski definition) is 0. The van der Waals surface area contributed by atoms with Crippen molar-refractivity contribution in [1.29, 1.82) is 0 Å². The molecular weight excluding hydrogens is 553 g/mol. The van der Waals surface area contributed by atoms with Crippen LogP contribution >= 0.6 is 0 Å².